The second-order valence-electron chi connectivity index (χ2n) is 5.28. The van der Waals surface area contributed by atoms with Crippen LogP contribution in [0.2, 0.25) is 0 Å². The minimum Gasteiger partial charge on any atom is -0.460 e. The third-order valence-corrected chi connectivity index (χ3v) is 3.30. The van der Waals surface area contributed by atoms with Gasteiger partial charge < -0.3 is 20.1 Å². The number of benzene rings is 1. The molecule has 140 valence electrons. The van der Waals surface area contributed by atoms with Crippen LogP contribution in [0.25, 0.3) is 0 Å². The highest BCUT2D eigenvalue weighted by atomic mass is 35.5. The van der Waals surface area contributed by atoms with Gasteiger partial charge in [-0.3, -0.25) is 0 Å². The fourth-order valence-electron chi connectivity index (χ4n) is 2.05. The topological polar surface area (TPSA) is 76.7 Å². The lowest BCUT2D eigenvalue weighted by Gasteiger charge is -2.17. The van der Waals surface area contributed by atoms with Crippen LogP contribution in [0, 0.1) is 0 Å². The molecular formula is C18H27ClN2O4. The summed E-state index contributed by atoms with van der Waals surface area (Å²) in [7, 11) is 1.87. The van der Waals surface area contributed by atoms with Gasteiger partial charge in [-0.2, -0.15) is 0 Å². The van der Waals surface area contributed by atoms with Crippen molar-refractivity contribution in [1.29, 1.82) is 0 Å². The van der Waals surface area contributed by atoms with Crippen LogP contribution in [0.5, 0.6) is 0 Å². The molecule has 1 aromatic carbocycles. The normalized spacial score (nSPS) is 10.9. The summed E-state index contributed by atoms with van der Waals surface area (Å²) >= 11 is 0. The third kappa shape index (κ3) is 10.4. The maximum atomic E-state index is 12.0. The van der Waals surface area contributed by atoms with Crippen LogP contribution in [-0.2, 0) is 20.9 Å². The predicted molar refractivity (Wildman–Crippen MR) is 99.7 cm³/mol. The van der Waals surface area contributed by atoms with Crippen molar-refractivity contribution >= 4 is 24.5 Å². The van der Waals surface area contributed by atoms with E-state index in [1.165, 1.54) is 6.08 Å². The number of nitrogens with one attached hydrogen (secondary N) is 2. The molecule has 0 aliphatic carbocycles. The lowest BCUT2D eigenvalue weighted by molar-refractivity contribution is -0.145. The van der Waals surface area contributed by atoms with Gasteiger partial charge in [-0.25, -0.2) is 9.59 Å². The molecule has 0 saturated heterocycles. The van der Waals surface area contributed by atoms with Crippen molar-refractivity contribution in [2.75, 3.05) is 20.2 Å². The zero-order chi connectivity index (χ0) is 17.6. The quantitative estimate of drug-likeness (QED) is 0.356. The Bertz CT molecular complexity index is 511. The van der Waals surface area contributed by atoms with Gasteiger partial charge in [0.15, 0.2) is 0 Å². The standard InChI is InChI=1S/C18H26N2O4.ClH/c1-3-13-23-17(21)16(11-7-8-12-19-2)20-18(22)24-14-15-9-5-4-6-10-15;/h3-6,9-10,16,19H,1,7-8,11-14H2,2H3,(H,20,22);1H/t16-;/m0./s1. The van der Waals surface area contributed by atoms with Gasteiger partial charge in [0.05, 0.1) is 0 Å². The van der Waals surface area contributed by atoms with Crippen molar-refractivity contribution < 1.29 is 19.1 Å². The lowest BCUT2D eigenvalue weighted by atomic mass is 10.1. The highest BCUT2D eigenvalue weighted by Crippen LogP contribution is 2.05. The monoisotopic (exact) mass is 370 g/mol. The molecule has 2 N–H and O–H groups in total. The molecule has 0 bridgehead atoms. The Balaban J connectivity index is 0.00000576. The SMILES string of the molecule is C=CCOC(=O)[C@H](CCCCNC)NC(=O)OCc1ccccc1.Cl. The molecule has 0 saturated carbocycles. The molecule has 0 spiro atoms. The van der Waals surface area contributed by atoms with Crippen LogP contribution in [0.3, 0.4) is 0 Å². The second-order valence-corrected chi connectivity index (χ2v) is 5.28. The molecular weight excluding hydrogens is 344 g/mol. The summed E-state index contributed by atoms with van der Waals surface area (Å²) in [6.07, 6.45) is 3.05. The van der Waals surface area contributed by atoms with E-state index in [-0.39, 0.29) is 25.6 Å². The van der Waals surface area contributed by atoms with E-state index in [1.807, 2.05) is 37.4 Å². The molecule has 1 rings (SSSR count). The van der Waals surface area contributed by atoms with E-state index in [2.05, 4.69) is 17.2 Å². The number of amides is 1. The maximum Gasteiger partial charge on any atom is 0.408 e. The number of carbonyl (C=O) groups excluding carboxylic acids is 2. The smallest absolute Gasteiger partial charge is 0.408 e. The van der Waals surface area contributed by atoms with Gasteiger partial charge in [-0.1, -0.05) is 43.0 Å². The van der Waals surface area contributed by atoms with Crippen LogP contribution in [0.15, 0.2) is 43.0 Å². The number of hydrogen-bond donors (Lipinski definition) is 2. The first-order valence-electron chi connectivity index (χ1n) is 8.06. The molecule has 1 atom stereocenters. The molecule has 0 unspecified atom stereocenters. The van der Waals surface area contributed by atoms with Crippen LogP contribution >= 0.6 is 12.4 Å². The van der Waals surface area contributed by atoms with Gasteiger partial charge in [0.25, 0.3) is 0 Å². The van der Waals surface area contributed by atoms with Crippen LogP contribution in [0.4, 0.5) is 4.79 Å². The molecule has 0 heterocycles. The summed E-state index contributed by atoms with van der Waals surface area (Å²) in [5, 5.41) is 5.63. The number of rotatable bonds is 11. The maximum absolute atomic E-state index is 12.0. The van der Waals surface area contributed by atoms with E-state index in [0.717, 1.165) is 24.9 Å². The highest BCUT2D eigenvalue weighted by molar-refractivity contribution is 5.85. The molecule has 0 radical (unpaired) electrons. The molecule has 7 heteroatoms. The Hall–Kier alpha value is -2.05. The molecule has 25 heavy (non-hydrogen) atoms. The van der Waals surface area contributed by atoms with E-state index in [0.29, 0.717) is 6.42 Å². The Morgan fingerprint density at radius 3 is 2.56 bits per heavy atom. The summed E-state index contributed by atoms with van der Waals surface area (Å²) < 4.78 is 10.2. The molecule has 1 amide bonds. The Morgan fingerprint density at radius 1 is 1.20 bits per heavy atom. The van der Waals surface area contributed by atoms with Crippen LogP contribution in [0.1, 0.15) is 24.8 Å². The third-order valence-electron chi connectivity index (χ3n) is 3.30. The first-order chi connectivity index (χ1) is 11.7. The van der Waals surface area contributed by atoms with E-state index in [9.17, 15) is 9.59 Å². The molecule has 6 nitrogen and oxygen atoms in total. The first kappa shape index (κ1) is 22.9. The zero-order valence-corrected chi connectivity index (χ0v) is 15.3. The number of hydrogen-bond acceptors (Lipinski definition) is 5. The van der Waals surface area contributed by atoms with Gasteiger partial charge in [0, 0.05) is 0 Å². The second kappa shape index (κ2) is 14.3. The number of alkyl carbamates (subject to hydrolysis) is 1. The average molecular weight is 371 g/mol. The largest absolute Gasteiger partial charge is 0.460 e. The fourth-order valence-corrected chi connectivity index (χ4v) is 2.05. The van der Waals surface area contributed by atoms with Crippen molar-refractivity contribution in [3.05, 3.63) is 48.6 Å². The number of esters is 1. The highest BCUT2D eigenvalue weighted by Gasteiger charge is 2.22. The minimum atomic E-state index is -0.718. The van der Waals surface area contributed by atoms with Crippen molar-refractivity contribution in [3.8, 4) is 0 Å². The van der Waals surface area contributed by atoms with Gasteiger partial charge in [-0.15, -0.1) is 12.4 Å². The summed E-state index contributed by atoms with van der Waals surface area (Å²) in [4.78, 5) is 23.9. The summed E-state index contributed by atoms with van der Waals surface area (Å²) in [6.45, 7) is 4.63. The molecule has 0 aliphatic rings. The number of unbranched alkanes of at least 4 members (excludes halogenated alkanes) is 1. The van der Waals surface area contributed by atoms with E-state index in [1.54, 1.807) is 0 Å². The van der Waals surface area contributed by atoms with E-state index in [4.69, 9.17) is 9.47 Å². The molecule has 0 aliphatic heterocycles. The van der Waals surface area contributed by atoms with Crippen molar-refractivity contribution in [1.82, 2.24) is 10.6 Å². The lowest BCUT2D eigenvalue weighted by Crippen LogP contribution is -2.42. The molecule has 1 aromatic rings. The van der Waals surface area contributed by atoms with Crippen LogP contribution < -0.4 is 10.6 Å². The minimum absolute atomic E-state index is 0. The van der Waals surface area contributed by atoms with Crippen molar-refractivity contribution in [2.45, 2.75) is 31.9 Å². The summed E-state index contributed by atoms with van der Waals surface area (Å²) in [5.41, 5.74) is 0.882. The van der Waals surface area contributed by atoms with Gasteiger partial charge in [-0.05, 0) is 38.4 Å². The van der Waals surface area contributed by atoms with Gasteiger partial charge in [0.2, 0.25) is 0 Å². The van der Waals surface area contributed by atoms with Gasteiger partial charge >= 0.3 is 12.1 Å². The van der Waals surface area contributed by atoms with Crippen LogP contribution in [-0.4, -0.2) is 38.3 Å². The molecule has 0 fully saturated rings. The van der Waals surface area contributed by atoms with Crippen molar-refractivity contribution in [3.63, 3.8) is 0 Å². The van der Waals surface area contributed by atoms with E-state index < -0.39 is 18.1 Å². The van der Waals surface area contributed by atoms with Gasteiger partial charge in [0.1, 0.15) is 19.3 Å². The summed E-state index contributed by atoms with van der Waals surface area (Å²) in [6, 6.07) is 8.63. The Kier molecular flexibility index (Phi) is 13.1. The molecule has 0 aromatic heterocycles. The predicted octanol–water partition coefficient (Wildman–Crippen LogP) is 2.82. The first-order valence-corrected chi connectivity index (χ1v) is 8.06. The Labute approximate surface area is 155 Å². The number of carbonyl (C=O) groups is 2. The number of halogens is 1. The fraction of sp³-hybridized carbons (Fsp3) is 0.444. The number of ether oxygens (including phenoxy) is 2. The average Bonchev–Trinajstić information content (AvgIpc) is 2.61. The van der Waals surface area contributed by atoms with Crippen molar-refractivity contribution in [2.24, 2.45) is 0 Å². The zero-order valence-electron chi connectivity index (χ0n) is 14.5. The Morgan fingerprint density at radius 2 is 1.92 bits per heavy atom. The van der Waals surface area contributed by atoms with E-state index >= 15 is 0 Å². The summed E-state index contributed by atoms with van der Waals surface area (Å²) in [5.74, 6) is -0.476.